The number of aromatic nitrogens is 1. The van der Waals surface area contributed by atoms with E-state index in [2.05, 4.69) is 26.9 Å². The van der Waals surface area contributed by atoms with Crippen molar-refractivity contribution in [1.82, 2.24) is 4.98 Å². The van der Waals surface area contributed by atoms with Crippen molar-refractivity contribution in [3.05, 3.63) is 34.3 Å². The van der Waals surface area contributed by atoms with Gasteiger partial charge in [-0.25, -0.2) is 4.98 Å². The topological polar surface area (TPSA) is 39.9 Å². The van der Waals surface area contributed by atoms with Crippen LogP contribution in [0, 0.1) is 11.3 Å². The van der Waals surface area contributed by atoms with Crippen molar-refractivity contribution < 1.29 is 0 Å². The summed E-state index contributed by atoms with van der Waals surface area (Å²) in [7, 11) is 0. The van der Waals surface area contributed by atoms with Crippen LogP contribution in [-0.2, 0) is 0 Å². The fourth-order valence-corrected chi connectivity index (χ4v) is 2.92. The molecule has 96 valence electrons. The van der Waals surface area contributed by atoms with Crippen LogP contribution in [0.1, 0.15) is 24.8 Å². The van der Waals surface area contributed by atoms with Gasteiger partial charge in [0.2, 0.25) is 0 Å². The van der Waals surface area contributed by atoms with Gasteiger partial charge in [0.15, 0.2) is 0 Å². The molecule has 1 saturated heterocycles. The van der Waals surface area contributed by atoms with Crippen LogP contribution < -0.4 is 4.90 Å². The Bertz CT molecular complexity index is 654. The summed E-state index contributed by atoms with van der Waals surface area (Å²) in [6.45, 7) is 2.08. The lowest BCUT2D eigenvalue weighted by atomic mass is 10.1. The Kier molecular flexibility index (Phi) is 3.39. The fourth-order valence-electron chi connectivity index (χ4n) is 2.56. The van der Waals surface area contributed by atoms with Gasteiger partial charge in [0.05, 0.1) is 17.1 Å². The third kappa shape index (κ3) is 2.43. The number of hydrogen-bond donors (Lipinski definition) is 0. The van der Waals surface area contributed by atoms with Crippen LogP contribution in [0.25, 0.3) is 10.9 Å². The Morgan fingerprint density at radius 1 is 1.16 bits per heavy atom. The van der Waals surface area contributed by atoms with Gasteiger partial charge in [0.1, 0.15) is 5.82 Å². The molecule has 1 fully saturated rings. The molecule has 4 heteroatoms. The van der Waals surface area contributed by atoms with Gasteiger partial charge in [-0.3, -0.25) is 0 Å². The number of benzene rings is 1. The molecule has 0 amide bonds. The SMILES string of the molecule is N#Cc1cc(N2CCCCC2)nc2ccc(Br)cc12. The zero-order valence-corrected chi connectivity index (χ0v) is 12.2. The van der Waals surface area contributed by atoms with E-state index in [1.807, 2.05) is 24.3 Å². The molecule has 0 radical (unpaired) electrons. The monoisotopic (exact) mass is 315 g/mol. The second kappa shape index (κ2) is 5.18. The Morgan fingerprint density at radius 3 is 2.68 bits per heavy atom. The number of fused-ring (bicyclic) bond motifs is 1. The molecule has 1 aliphatic heterocycles. The zero-order chi connectivity index (χ0) is 13.2. The van der Waals surface area contributed by atoms with Gasteiger partial charge in [-0.05, 0) is 43.5 Å². The smallest absolute Gasteiger partial charge is 0.130 e. The number of nitriles is 1. The minimum atomic E-state index is 0.701. The maximum atomic E-state index is 9.34. The molecule has 0 atom stereocenters. The number of pyridine rings is 1. The molecule has 2 aromatic rings. The molecule has 0 saturated carbocycles. The first-order valence-corrected chi connectivity index (χ1v) is 7.32. The third-order valence-electron chi connectivity index (χ3n) is 3.56. The van der Waals surface area contributed by atoms with Crippen molar-refractivity contribution in [3.63, 3.8) is 0 Å². The minimum Gasteiger partial charge on any atom is -0.357 e. The van der Waals surface area contributed by atoms with E-state index in [9.17, 15) is 5.26 Å². The third-order valence-corrected chi connectivity index (χ3v) is 4.05. The van der Waals surface area contributed by atoms with Crippen molar-refractivity contribution in [1.29, 1.82) is 5.26 Å². The van der Waals surface area contributed by atoms with Crippen molar-refractivity contribution >= 4 is 32.7 Å². The van der Waals surface area contributed by atoms with Gasteiger partial charge in [-0.15, -0.1) is 0 Å². The van der Waals surface area contributed by atoms with Crippen LogP contribution >= 0.6 is 15.9 Å². The Morgan fingerprint density at radius 2 is 1.95 bits per heavy atom. The van der Waals surface area contributed by atoms with Crippen LogP contribution in [-0.4, -0.2) is 18.1 Å². The Balaban J connectivity index is 2.12. The molecule has 0 unspecified atom stereocenters. The summed E-state index contributed by atoms with van der Waals surface area (Å²) in [6.07, 6.45) is 3.71. The van der Waals surface area contributed by atoms with E-state index in [4.69, 9.17) is 4.98 Å². The summed E-state index contributed by atoms with van der Waals surface area (Å²) in [5, 5.41) is 10.3. The number of halogens is 1. The lowest BCUT2D eigenvalue weighted by Gasteiger charge is -2.28. The quantitative estimate of drug-likeness (QED) is 0.802. The molecule has 0 bridgehead atoms. The van der Waals surface area contributed by atoms with Crippen molar-refractivity contribution in [2.45, 2.75) is 19.3 Å². The molecule has 3 rings (SSSR count). The summed E-state index contributed by atoms with van der Waals surface area (Å²) >= 11 is 3.44. The highest BCUT2D eigenvalue weighted by atomic mass is 79.9. The van der Waals surface area contributed by atoms with E-state index in [0.717, 1.165) is 34.3 Å². The molecule has 1 aliphatic rings. The van der Waals surface area contributed by atoms with Gasteiger partial charge >= 0.3 is 0 Å². The van der Waals surface area contributed by atoms with Gasteiger partial charge in [0, 0.05) is 22.9 Å². The maximum absolute atomic E-state index is 9.34. The highest BCUT2D eigenvalue weighted by Gasteiger charge is 2.14. The Hall–Kier alpha value is -1.60. The van der Waals surface area contributed by atoms with Gasteiger partial charge in [-0.1, -0.05) is 15.9 Å². The summed E-state index contributed by atoms with van der Waals surface area (Å²) in [6, 6.07) is 10.1. The summed E-state index contributed by atoms with van der Waals surface area (Å²) in [5.74, 6) is 0.936. The first kappa shape index (κ1) is 12.4. The molecule has 2 heterocycles. The highest BCUT2D eigenvalue weighted by Crippen LogP contribution is 2.26. The van der Waals surface area contributed by atoms with E-state index in [-0.39, 0.29) is 0 Å². The number of anilines is 1. The first-order valence-electron chi connectivity index (χ1n) is 6.53. The summed E-state index contributed by atoms with van der Waals surface area (Å²) < 4.78 is 0.976. The summed E-state index contributed by atoms with van der Waals surface area (Å²) in [5.41, 5.74) is 1.59. The first-order chi connectivity index (χ1) is 9.28. The number of rotatable bonds is 1. The van der Waals surface area contributed by atoms with Crippen molar-refractivity contribution in [3.8, 4) is 6.07 Å². The van der Waals surface area contributed by atoms with Crippen LogP contribution in [0.5, 0.6) is 0 Å². The molecule has 1 aromatic carbocycles. The molecular formula is C15H14BrN3. The van der Waals surface area contributed by atoms with Crippen LogP contribution in [0.4, 0.5) is 5.82 Å². The molecule has 19 heavy (non-hydrogen) atoms. The zero-order valence-electron chi connectivity index (χ0n) is 10.6. The predicted octanol–water partition coefficient (Wildman–Crippen LogP) is 3.86. The Labute approximate surface area is 121 Å². The van der Waals surface area contributed by atoms with Crippen molar-refractivity contribution in [2.75, 3.05) is 18.0 Å². The maximum Gasteiger partial charge on any atom is 0.130 e. The molecule has 3 nitrogen and oxygen atoms in total. The normalized spacial score (nSPS) is 15.5. The molecule has 1 aromatic heterocycles. The lowest BCUT2D eigenvalue weighted by molar-refractivity contribution is 0.574. The van der Waals surface area contributed by atoms with E-state index >= 15 is 0 Å². The molecule has 0 N–H and O–H groups in total. The number of hydrogen-bond acceptors (Lipinski definition) is 3. The lowest BCUT2D eigenvalue weighted by Crippen LogP contribution is -2.30. The number of piperidine rings is 1. The van der Waals surface area contributed by atoms with Gasteiger partial charge < -0.3 is 4.90 Å². The number of nitrogens with zero attached hydrogens (tertiary/aromatic N) is 3. The van der Waals surface area contributed by atoms with E-state index < -0.39 is 0 Å². The molecule has 0 aliphatic carbocycles. The largest absolute Gasteiger partial charge is 0.357 e. The van der Waals surface area contributed by atoms with Crippen LogP contribution in [0.3, 0.4) is 0 Å². The van der Waals surface area contributed by atoms with Crippen LogP contribution in [0.15, 0.2) is 28.7 Å². The highest BCUT2D eigenvalue weighted by molar-refractivity contribution is 9.10. The second-order valence-electron chi connectivity index (χ2n) is 4.85. The average molecular weight is 316 g/mol. The molecule has 0 spiro atoms. The van der Waals surface area contributed by atoms with Gasteiger partial charge in [-0.2, -0.15) is 5.26 Å². The summed E-state index contributed by atoms with van der Waals surface area (Å²) in [4.78, 5) is 6.99. The molecular weight excluding hydrogens is 302 g/mol. The van der Waals surface area contributed by atoms with E-state index in [1.54, 1.807) is 0 Å². The standard InChI is InChI=1S/C15H14BrN3/c16-12-4-5-14-13(9-12)11(10-17)8-15(18-14)19-6-2-1-3-7-19/h4-5,8-9H,1-3,6-7H2. The minimum absolute atomic E-state index is 0.701. The van der Waals surface area contributed by atoms with Crippen molar-refractivity contribution in [2.24, 2.45) is 0 Å². The average Bonchev–Trinajstić information content (AvgIpc) is 2.47. The predicted molar refractivity (Wildman–Crippen MR) is 80.2 cm³/mol. The van der Waals surface area contributed by atoms with E-state index in [1.165, 1.54) is 19.3 Å². The fraction of sp³-hybridized carbons (Fsp3) is 0.333. The second-order valence-corrected chi connectivity index (χ2v) is 5.76. The van der Waals surface area contributed by atoms with Crippen LogP contribution in [0.2, 0.25) is 0 Å². The van der Waals surface area contributed by atoms with Gasteiger partial charge in [0.25, 0.3) is 0 Å². The van der Waals surface area contributed by atoms with E-state index in [0.29, 0.717) is 5.56 Å².